The Morgan fingerprint density at radius 3 is 2.48 bits per heavy atom. The molecule has 3 atom stereocenters. The van der Waals surface area contributed by atoms with E-state index in [1.165, 1.54) is 19.2 Å². The van der Waals surface area contributed by atoms with E-state index < -0.39 is 23.6 Å². The molecule has 0 aromatic heterocycles. The van der Waals surface area contributed by atoms with Crippen molar-refractivity contribution in [2.75, 3.05) is 26.7 Å². The molecule has 0 radical (unpaired) electrons. The normalized spacial score (nSPS) is 25.3. The van der Waals surface area contributed by atoms with Crippen LogP contribution in [0.5, 0.6) is 5.75 Å². The molecule has 0 N–H and O–H groups in total. The summed E-state index contributed by atoms with van der Waals surface area (Å²) >= 11 is 0. The summed E-state index contributed by atoms with van der Waals surface area (Å²) in [5, 5.41) is 0. The van der Waals surface area contributed by atoms with Crippen LogP contribution in [0.25, 0.3) is 0 Å². The quantitative estimate of drug-likeness (QED) is 0.802. The first kappa shape index (κ1) is 19.5. The minimum atomic E-state index is -2.85. The van der Waals surface area contributed by atoms with Gasteiger partial charge in [0, 0.05) is 43.1 Å². The number of carbonyl (C=O) groups excluding carboxylic acids is 2. The number of methoxy groups -OCH3 is 1. The summed E-state index contributed by atoms with van der Waals surface area (Å²) < 4.78 is 45.4. The Morgan fingerprint density at radius 1 is 1.26 bits per heavy atom. The molecule has 2 fully saturated rings. The zero-order valence-electron chi connectivity index (χ0n) is 15.5. The zero-order chi connectivity index (χ0) is 19.9. The van der Waals surface area contributed by atoms with Crippen molar-refractivity contribution in [2.24, 2.45) is 11.8 Å². The Morgan fingerprint density at radius 2 is 1.96 bits per heavy atom. The predicted octanol–water partition coefficient (Wildman–Crippen LogP) is 2.80. The standard InChI is InChI=1S/C19H23F3N2O3/c1-11-10-23(18(26)13-9-14(13)19(2,21)22)6-7-24(11)17(25)12-4-5-16(27-3)15(20)8-12/h4-5,8,11,13-14H,6-7,9-10H2,1-3H3/t11-,13+,14+/m0/s1. The number of nitrogens with zero attached hydrogens (tertiary/aromatic N) is 2. The van der Waals surface area contributed by atoms with Crippen LogP contribution in [0, 0.1) is 17.7 Å². The molecule has 27 heavy (non-hydrogen) atoms. The molecule has 8 heteroatoms. The molecule has 1 saturated carbocycles. The molecule has 3 rings (SSSR count). The molecule has 1 aromatic carbocycles. The van der Waals surface area contributed by atoms with E-state index in [1.54, 1.807) is 16.7 Å². The van der Waals surface area contributed by atoms with Gasteiger partial charge in [0.15, 0.2) is 11.6 Å². The summed E-state index contributed by atoms with van der Waals surface area (Å²) in [5.74, 6) is -5.52. The van der Waals surface area contributed by atoms with E-state index in [0.29, 0.717) is 0 Å². The minimum Gasteiger partial charge on any atom is -0.494 e. The van der Waals surface area contributed by atoms with Crippen LogP contribution in [0.2, 0.25) is 0 Å². The number of halogens is 3. The van der Waals surface area contributed by atoms with Gasteiger partial charge in [-0.15, -0.1) is 0 Å². The van der Waals surface area contributed by atoms with Crippen LogP contribution >= 0.6 is 0 Å². The summed E-state index contributed by atoms with van der Waals surface area (Å²) in [4.78, 5) is 28.3. The van der Waals surface area contributed by atoms with E-state index in [4.69, 9.17) is 4.74 Å². The number of alkyl halides is 2. The minimum absolute atomic E-state index is 0.0572. The van der Waals surface area contributed by atoms with Crippen molar-refractivity contribution in [2.45, 2.75) is 32.2 Å². The molecule has 1 heterocycles. The van der Waals surface area contributed by atoms with E-state index in [0.717, 1.165) is 13.0 Å². The van der Waals surface area contributed by atoms with Gasteiger partial charge in [-0.2, -0.15) is 0 Å². The van der Waals surface area contributed by atoms with Crippen molar-refractivity contribution in [3.05, 3.63) is 29.6 Å². The van der Waals surface area contributed by atoms with Crippen molar-refractivity contribution in [1.82, 2.24) is 9.80 Å². The first-order valence-electron chi connectivity index (χ1n) is 8.94. The molecule has 2 aliphatic rings. The molecule has 1 saturated heterocycles. The van der Waals surface area contributed by atoms with Crippen LogP contribution in [0.15, 0.2) is 18.2 Å². The third-order valence-electron chi connectivity index (χ3n) is 5.36. The highest BCUT2D eigenvalue weighted by Gasteiger charge is 2.56. The number of rotatable bonds is 4. The molecule has 2 amide bonds. The fourth-order valence-corrected chi connectivity index (χ4v) is 3.69. The lowest BCUT2D eigenvalue weighted by Gasteiger charge is -2.40. The molecule has 0 bridgehead atoms. The lowest BCUT2D eigenvalue weighted by atomic mass is 10.1. The predicted molar refractivity (Wildman–Crippen MR) is 92.2 cm³/mol. The van der Waals surface area contributed by atoms with Crippen molar-refractivity contribution in [3.8, 4) is 5.75 Å². The van der Waals surface area contributed by atoms with Crippen LogP contribution in [0.1, 0.15) is 30.6 Å². The molecular formula is C19H23F3N2O3. The first-order chi connectivity index (χ1) is 12.6. The van der Waals surface area contributed by atoms with Crippen molar-refractivity contribution in [3.63, 3.8) is 0 Å². The average molecular weight is 384 g/mol. The number of ether oxygens (including phenoxy) is 1. The summed E-state index contributed by atoms with van der Waals surface area (Å²) in [7, 11) is 1.34. The van der Waals surface area contributed by atoms with Crippen molar-refractivity contribution in [1.29, 1.82) is 0 Å². The molecule has 1 aromatic rings. The number of benzene rings is 1. The maximum atomic E-state index is 13.9. The van der Waals surface area contributed by atoms with Crippen LogP contribution in [-0.2, 0) is 4.79 Å². The van der Waals surface area contributed by atoms with Gasteiger partial charge in [0.25, 0.3) is 5.91 Å². The highest BCUT2D eigenvalue weighted by atomic mass is 19.3. The first-order valence-corrected chi connectivity index (χ1v) is 8.94. The second-order valence-electron chi connectivity index (χ2n) is 7.39. The fourth-order valence-electron chi connectivity index (χ4n) is 3.69. The molecule has 0 unspecified atom stereocenters. The van der Waals surface area contributed by atoms with Gasteiger partial charge in [-0.05, 0) is 38.5 Å². The van der Waals surface area contributed by atoms with Gasteiger partial charge in [-0.25, -0.2) is 13.2 Å². The Kier molecular flexibility index (Phi) is 5.10. The molecule has 1 aliphatic carbocycles. The smallest absolute Gasteiger partial charge is 0.254 e. The molecule has 0 spiro atoms. The number of amides is 2. The Balaban J connectivity index is 1.63. The van der Waals surface area contributed by atoms with Gasteiger partial charge >= 0.3 is 0 Å². The fraction of sp³-hybridized carbons (Fsp3) is 0.579. The van der Waals surface area contributed by atoms with E-state index in [1.807, 2.05) is 0 Å². The van der Waals surface area contributed by atoms with Crippen LogP contribution in [0.3, 0.4) is 0 Å². The Bertz CT molecular complexity index is 750. The third kappa shape index (κ3) is 3.89. The lowest BCUT2D eigenvalue weighted by molar-refractivity contribution is -0.136. The van der Waals surface area contributed by atoms with Gasteiger partial charge in [-0.3, -0.25) is 9.59 Å². The number of hydrogen-bond acceptors (Lipinski definition) is 3. The lowest BCUT2D eigenvalue weighted by Crippen LogP contribution is -2.55. The van der Waals surface area contributed by atoms with Gasteiger partial charge in [-0.1, -0.05) is 0 Å². The van der Waals surface area contributed by atoms with Crippen LogP contribution in [-0.4, -0.2) is 60.3 Å². The molecule has 5 nitrogen and oxygen atoms in total. The zero-order valence-corrected chi connectivity index (χ0v) is 15.5. The largest absolute Gasteiger partial charge is 0.494 e. The van der Waals surface area contributed by atoms with Crippen molar-refractivity contribution < 1.29 is 27.5 Å². The molecule has 1 aliphatic heterocycles. The average Bonchev–Trinajstić information content (AvgIpc) is 3.41. The van der Waals surface area contributed by atoms with Gasteiger partial charge in [0.2, 0.25) is 11.8 Å². The molecular weight excluding hydrogens is 361 g/mol. The Labute approximate surface area is 156 Å². The van der Waals surface area contributed by atoms with E-state index in [2.05, 4.69) is 0 Å². The monoisotopic (exact) mass is 384 g/mol. The van der Waals surface area contributed by atoms with Crippen molar-refractivity contribution >= 4 is 11.8 Å². The number of carbonyl (C=O) groups is 2. The molecule has 148 valence electrons. The highest BCUT2D eigenvalue weighted by Crippen LogP contribution is 2.50. The second kappa shape index (κ2) is 7.05. The van der Waals surface area contributed by atoms with Crippen LogP contribution < -0.4 is 4.74 Å². The van der Waals surface area contributed by atoms with Gasteiger partial charge < -0.3 is 14.5 Å². The highest BCUT2D eigenvalue weighted by molar-refractivity contribution is 5.95. The summed E-state index contributed by atoms with van der Waals surface area (Å²) in [6.07, 6.45) is 0.209. The maximum absolute atomic E-state index is 13.9. The summed E-state index contributed by atoms with van der Waals surface area (Å²) in [5.41, 5.74) is 0.202. The van der Waals surface area contributed by atoms with E-state index >= 15 is 0 Å². The van der Waals surface area contributed by atoms with Gasteiger partial charge in [0.05, 0.1) is 7.11 Å². The topological polar surface area (TPSA) is 49.9 Å². The maximum Gasteiger partial charge on any atom is 0.254 e. The summed E-state index contributed by atoms with van der Waals surface area (Å²) in [6, 6.07) is 3.72. The second-order valence-corrected chi connectivity index (χ2v) is 7.39. The summed E-state index contributed by atoms with van der Waals surface area (Å²) in [6.45, 7) is 3.47. The van der Waals surface area contributed by atoms with E-state index in [9.17, 15) is 22.8 Å². The Hall–Kier alpha value is -2.25. The van der Waals surface area contributed by atoms with Crippen LogP contribution in [0.4, 0.5) is 13.2 Å². The number of hydrogen-bond donors (Lipinski definition) is 0. The van der Waals surface area contributed by atoms with E-state index in [-0.39, 0.29) is 55.2 Å². The van der Waals surface area contributed by atoms with Gasteiger partial charge in [0.1, 0.15) is 0 Å². The SMILES string of the molecule is COc1ccc(C(=O)N2CCN(C(=O)[C@@H]3C[C@H]3C(C)(F)F)C[C@@H]2C)cc1F. The number of piperazine rings is 1. The third-order valence-corrected chi connectivity index (χ3v) is 5.36.